The Balaban J connectivity index is 2.35. The number of oxazole rings is 1. The van der Waals surface area contributed by atoms with Gasteiger partial charge < -0.3 is 10.2 Å². The molecular formula is C7H8N4O. The van der Waals surface area contributed by atoms with Crippen molar-refractivity contribution in [3.8, 4) is 6.01 Å². The van der Waals surface area contributed by atoms with Crippen LogP contribution in [0.3, 0.4) is 0 Å². The molecule has 5 nitrogen and oxygen atoms in total. The molecule has 2 aromatic heterocycles. The number of imidazole rings is 1. The van der Waals surface area contributed by atoms with Crippen molar-refractivity contribution in [2.75, 3.05) is 0 Å². The fraction of sp³-hybridized carbons (Fsp3) is 0.143. The van der Waals surface area contributed by atoms with Crippen molar-refractivity contribution >= 4 is 0 Å². The quantitative estimate of drug-likeness (QED) is 0.693. The van der Waals surface area contributed by atoms with Gasteiger partial charge in [-0.15, -0.1) is 0 Å². The van der Waals surface area contributed by atoms with E-state index in [2.05, 4.69) is 9.97 Å². The van der Waals surface area contributed by atoms with Gasteiger partial charge in [0.2, 0.25) is 0 Å². The van der Waals surface area contributed by atoms with Crippen LogP contribution in [-0.2, 0) is 6.54 Å². The molecule has 0 atom stereocenters. The number of hydrogen-bond acceptors (Lipinski definition) is 4. The van der Waals surface area contributed by atoms with E-state index in [9.17, 15) is 0 Å². The summed E-state index contributed by atoms with van der Waals surface area (Å²) in [5.41, 5.74) is 6.10. The average Bonchev–Trinajstić information content (AvgIpc) is 2.75. The second-order valence-corrected chi connectivity index (χ2v) is 2.30. The highest BCUT2D eigenvalue weighted by Crippen LogP contribution is 2.05. The third-order valence-corrected chi connectivity index (χ3v) is 1.47. The summed E-state index contributed by atoms with van der Waals surface area (Å²) in [5.74, 6) is 0. The third-order valence-electron chi connectivity index (χ3n) is 1.47. The van der Waals surface area contributed by atoms with Crippen LogP contribution in [0, 0.1) is 0 Å². The van der Waals surface area contributed by atoms with Crippen LogP contribution in [0.15, 0.2) is 29.4 Å². The van der Waals surface area contributed by atoms with Crippen molar-refractivity contribution in [1.29, 1.82) is 0 Å². The molecule has 0 saturated carbocycles. The van der Waals surface area contributed by atoms with E-state index in [0.29, 0.717) is 12.6 Å². The van der Waals surface area contributed by atoms with E-state index in [1.807, 2.05) is 0 Å². The molecule has 0 aromatic carbocycles. The average molecular weight is 164 g/mol. The molecule has 0 amide bonds. The summed E-state index contributed by atoms with van der Waals surface area (Å²) in [6.45, 7) is 0.387. The van der Waals surface area contributed by atoms with E-state index in [0.717, 1.165) is 5.69 Å². The maximum Gasteiger partial charge on any atom is 0.307 e. The van der Waals surface area contributed by atoms with Crippen LogP contribution in [0.25, 0.3) is 6.01 Å². The Bertz CT molecular complexity index is 351. The maximum absolute atomic E-state index is 5.37. The van der Waals surface area contributed by atoms with E-state index >= 15 is 0 Å². The molecule has 0 aliphatic heterocycles. The largest absolute Gasteiger partial charge is 0.431 e. The van der Waals surface area contributed by atoms with Gasteiger partial charge >= 0.3 is 6.01 Å². The first-order valence-electron chi connectivity index (χ1n) is 3.53. The van der Waals surface area contributed by atoms with Gasteiger partial charge in [-0.25, -0.2) is 4.98 Å². The summed E-state index contributed by atoms with van der Waals surface area (Å²) in [4.78, 5) is 7.97. The molecule has 0 aliphatic rings. The SMILES string of the molecule is NCc1coc(-n2ccnc2)n1. The zero-order valence-electron chi connectivity index (χ0n) is 6.34. The summed E-state index contributed by atoms with van der Waals surface area (Å²) in [6, 6.07) is 0.493. The molecule has 2 rings (SSSR count). The third kappa shape index (κ3) is 1.10. The topological polar surface area (TPSA) is 69.9 Å². The molecule has 0 bridgehead atoms. The molecule has 0 unspecified atom stereocenters. The van der Waals surface area contributed by atoms with Gasteiger partial charge in [0.15, 0.2) is 0 Å². The molecule has 0 saturated heterocycles. The summed E-state index contributed by atoms with van der Waals surface area (Å²) in [7, 11) is 0. The van der Waals surface area contributed by atoms with Crippen LogP contribution >= 0.6 is 0 Å². The second kappa shape index (κ2) is 2.78. The fourth-order valence-electron chi connectivity index (χ4n) is 0.881. The van der Waals surface area contributed by atoms with Crippen molar-refractivity contribution in [3.63, 3.8) is 0 Å². The standard InChI is InChI=1S/C7H8N4O/c8-3-6-4-12-7(10-6)11-2-1-9-5-11/h1-2,4-5H,3,8H2. The smallest absolute Gasteiger partial charge is 0.307 e. The Morgan fingerprint density at radius 3 is 3.08 bits per heavy atom. The summed E-state index contributed by atoms with van der Waals surface area (Å²) in [6.07, 6.45) is 6.57. The number of hydrogen-bond donors (Lipinski definition) is 1. The minimum absolute atomic E-state index is 0.387. The molecule has 0 fully saturated rings. The van der Waals surface area contributed by atoms with Gasteiger partial charge in [-0.2, -0.15) is 4.98 Å². The lowest BCUT2D eigenvalue weighted by atomic mass is 10.5. The van der Waals surface area contributed by atoms with E-state index in [-0.39, 0.29) is 0 Å². The van der Waals surface area contributed by atoms with Crippen LogP contribution in [0.4, 0.5) is 0 Å². The molecule has 62 valence electrons. The highest BCUT2D eigenvalue weighted by Gasteiger charge is 2.02. The van der Waals surface area contributed by atoms with Gasteiger partial charge in [0.25, 0.3) is 0 Å². The molecule has 0 aliphatic carbocycles. The lowest BCUT2D eigenvalue weighted by Gasteiger charge is -1.90. The monoisotopic (exact) mass is 164 g/mol. The Morgan fingerprint density at radius 1 is 1.58 bits per heavy atom. The minimum Gasteiger partial charge on any atom is -0.431 e. The predicted octanol–water partition coefficient (Wildman–Crippen LogP) is 0.319. The molecule has 0 spiro atoms. The van der Waals surface area contributed by atoms with Gasteiger partial charge in [-0.05, 0) is 0 Å². The molecule has 12 heavy (non-hydrogen) atoms. The number of nitrogens with two attached hydrogens (primary N) is 1. The molecule has 2 heterocycles. The highest BCUT2D eigenvalue weighted by atomic mass is 16.4. The van der Waals surface area contributed by atoms with E-state index in [4.69, 9.17) is 10.2 Å². The van der Waals surface area contributed by atoms with Crippen LogP contribution in [-0.4, -0.2) is 14.5 Å². The van der Waals surface area contributed by atoms with Crippen molar-refractivity contribution in [2.24, 2.45) is 5.73 Å². The molecule has 2 N–H and O–H groups in total. The van der Waals surface area contributed by atoms with Crippen molar-refractivity contribution < 1.29 is 4.42 Å². The first kappa shape index (κ1) is 7.05. The summed E-state index contributed by atoms with van der Waals surface area (Å²) in [5, 5.41) is 0. The predicted molar refractivity (Wildman–Crippen MR) is 41.5 cm³/mol. The van der Waals surface area contributed by atoms with Gasteiger partial charge in [0, 0.05) is 18.9 Å². The molecule has 5 heteroatoms. The number of aromatic nitrogens is 3. The Hall–Kier alpha value is -1.62. The van der Waals surface area contributed by atoms with E-state index < -0.39 is 0 Å². The lowest BCUT2D eigenvalue weighted by Crippen LogP contribution is -1.97. The number of nitrogens with zero attached hydrogens (tertiary/aromatic N) is 3. The Kier molecular flexibility index (Phi) is 1.64. The normalized spacial score (nSPS) is 10.4. The van der Waals surface area contributed by atoms with Gasteiger partial charge in [0.05, 0.1) is 5.69 Å². The van der Waals surface area contributed by atoms with E-state index in [1.54, 1.807) is 23.3 Å². The van der Waals surface area contributed by atoms with Crippen molar-refractivity contribution in [2.45, 2.75) is 6.54 Å². The second-order valence-electron chi connectivity index (χ2n) is 2.30. The fourth-order valence-corrected chi connectivity index (χ4v) is 0.881. The minimum atomic E-state index is 0.387. The zero-order valence-corrected chi connectivity index (χ0v) is 6.34. The first-order valence-corrected chi connectivity index (χ1v) is 3.53. The van der Waals surface area contributed by atoms with Gasteiger partial charge in [-0.1, -0.05) is 0 Å². The van der Waals surface area contributed by atoms with Crippen LogP contribution in [0.1, 0.15) is 5.69 Å². The highest BCUT2D eigenvalue weighted by molar-refractivity contribution is 5.09. The molecule has 2 aromatic rings. The van der Waals surface area contributed by atoms with Crippen LogP contribution < -0.4 is 5.73 Å². The van der Waals surface area contributed by atoms with Gasteiger partial charge in [0.1, 0.15) is 12.6 Å². The van der Waals surface area contributed by atoms with Crippen LogP contribution in [0.2, 0.25) is 0 Å². The number of rotatable bonds is 2. The van der Waals surface area contributed by atoms with Crippen molar-refractivity contribution in [1.82, 2.24) is 14.5 Å². The molecule has 0 radical (unpaired) electrons. The van der Waals surface area contributed by atoms with Gasteiger partial charge in [-0.3, -0.25) is 4.57 Å². The Morgan fingerprint density at radius 2 is 2.50 bits per heavy atom. The Labute approximate surface area is 68.8 Å². The maximum atomic E-state index is 5.37. The first-order chi connectivity index (χ1) is 5.90. The lowest BCUT2D eigenvalue weighted by molar-refractivity contribution is 0.526. The molecular weight excluding hydrogens is 156 g/mol. The van der Waals surface area contributed by atoms with Crippen molar-refractivity contribution in [3.05, 3.63) is 30.7 Å². The zero-order chi connectivity index (χ0) is 8.39. The van der Waals surface area contributed by atoms with Crippen LogP contribution in [0.5, 0.6) is 0 Å². The summed E-state index contributed by atoms with van der Waals surface area (Å²) >= 11 is 0. The summed E-state index contributed by atoms with van der Waals surface area (Å²) < 4.78 is 6.81. The van der Waals surface area contributed by atoms with E-state index in [1.165, 1.54) is 6.26 Å².